The first-order valence-corrected chi connectivity index (χ1v) is 9.02. The molecule has 0 aliphatic heterocycles. The molecule has 136 valence electrons. The largest absolute Gasteiger partial charge is 0.673 e. The molecular formula is C19H18BF4OP. The van der Waals surface area contributed by atoms with Gasteiger partial charge in [-0.2, -0.15) is 0 Å². The molecule has 0 aromatic heterocycles. The fraction of sp³-hybridized carbons (Fsp3) is 0.0526. The Hall–Kier alpha value is -2.33. The highest BCUT2D eigenvalue weighted by atomic mass is 31.1. The third-order valence-corrected chi connectivity index (χ3v) is 4.90. The lowest BCUT2D eigenvalue weighted by molar-refractivity contribution is 0.368. The van der Waals surface area contributed by atoms with Crippen LogP contribution in [0, 0.1) is 0 Å². The maximum atomic E-state index is 9.75. The zero-order valence-corrected chi connectivity index (χ0v) is 15.2. The minimum absolute atomic E-state index is 0.174. The van der Waals surface area contributed by atoms with E-state index in [0.717, 1.165) is 5.75 Å². The molecule has 7 heteroatoms. The average molecular weight is 380 g/mol. The highest BCUT2D eigenvalue weighted by Crippen LogP contribution is 2.22. The number of ether oxygens (including phenoxy) is 1. The van der Waals surface area contributed by atoms with Gasteiger partial charge in [0.15, 0.2) is 0 Å². The van der Waals surface area contributed by atoms with Crippen LogP contribution in [0.2, 0.25) is 0 Å². The van der Waals surface area contributed by atoms with Gasteiger partial charge in [0.05, 0.1) is 26.3 Å². The van der Waals surface area contributed by atoms with Gasteiger partial charge in [-0.3, -0.25) is 0 Å². The summed E-state index contributed by atoms with van der Waals surface area (Å²) in [5, 5.41) is 2.84. The topological polar surface area (TPSA) is 9.23 Å². The highest BCUT2D eigenvalue weighted by Gasteiger charge is 2.20. The molecule has 1 atom stereocenters. The molecule has 3 aromatic rings. The summed E-state index contributed by atoms with van der Waals surface area (Å²) in [5.41, 5.74) is 2.46. The molecule has 0 saturated heterocycles. The minimum atomic E-state index is -6.00. The highest BCUT2D eigenvalue weighted by molar-refractivity contribution is 7.55. The van der Waals surface area contributed by atoms with Gasteiger partial charge < -0.3 is 22.0 Å². The summed E-state index contributed by atoms with van der Waals surface area (Å²) in [6.45, 7) is 0. The van der Waals surface area contributed by atoms with Gasteiger partial charge in [0.1, 0.15) is 5.75 Å². The summed E-state index contributed by atoms with van der Waals surface area (Å²) in [6.07, 6.45) is 0. The quantitative estimate of drug-likeness (QED) is 0.351. The first-order valence-electron chi connectivity index (χ1n) is 7.87. The van der Waals surface area contributed by atoms with Crippen molar-refractivity contribution in [3.05, 3.63) is 78.9 Å². The molecule has 3 aromatic carbocycles. The lowest BCUT2D eigenvalue weighted by Gasteiger charge is -2.04. The molecule has 0 bridgehead atoms. The van der Waals surface area contributed by atoms with Crippen molar-refractivity contribution in [2.45, 2.75) is 0 Å². The summed E-state index contributed by atoms with van der Waals surface area (Å²) < 4.78 is 44.2. The number of hydrogen-bond donors (Lipinski definition) is 0. The first-order chi connectivity index (χ1) is 12.3. The molecular weight excluding hydrogens is 362 g/mol. The van der Waals surface area contributed by atoms with Crippen molar-refractivity contribution in [1.82, 2.24) is 0 Å². The summed E-state index contributed by atoms with van der Waals surface area (Å²) in [6, 6.07) is 27.7. The Morgan fingerprint density at radius 2 is 1.08 bits per heavy atom. The fourth-order valence-electron chi connectivity index (χ4n) is 2.30. The monoisotopic (exact) mass is 380 g/mol. The lowest BCUT2D eigenvalue weighted by Crippen LogP contribution is -2.02. The van der Waals surface area contributed by atoms with Crippen LogP contribution in [-0.4, -0.2) is 14.4 Å². The van der Waals surface area contributed by atoms with Crippen LogP contribution in [0.1, 0.15) is 0 Å². The van der Waals surface area contributed by atoms with E-state index in [0.29, 0.717) is 0 Å². The van der Waals surface area contributed by atoms with Crippen LogP contribution in [0.5, 0.6) is 5.75 Å². The Morgan fingerprint density at radius 1 is 0.654 bits per heavy atom. The van der Waals surface area contributed by atoms with Gasteiger partial charge in [-0.1, -0.05) is 42.5 Å². The Kier molecular flexibility index (Phi) is 7.22. The SMILES string of the molecule is COc1ccc(-c2ccc([PH2+]c3ccccc3)cc2)cc1.F[B-](F)(F)F. The zero-order valence-electron chi connectivity index (χ0n) is 14.1. The van der Waals surface area contributed by atoms with Crippen LogP contribution in [0.25, 0.3) is 11.1 Å². The Bertz CT molecular complexity index is 785. The van der Waals surface area contributed by atoms with Crippen molar-refractivity contribution in [2.75, 3.05) is 7.11 Å². The predicted octanol–water partition coefficient (Wildman–Crippen LogP) is 5.02. The average Bonchev–Trinajstić information content (AvgIpc) is 2.62. The molecule has 0 aliphatic rings. The molecule has 0 aliphatic carbocycles. The van der Waals surface area contributed by atoms with E-state index in [4.69, 9.17) is 4.74 Å². The van der Waals surface area contributed by atoms with Gasteiger partial charge in [-0.25, -0.2) is 0 Å². The lowest BCUT2D eigenvalue weighted by atomic mass is 10.1. The molecule has 0 spiro atoms. The van der Waals surface area contributed by atoms with Gasteiger partial charge >= 0.3 is 7.25 Å². The van der Waals surface area contributed by atoms with E-state index in [-0.39, 0.29) is 8.58 Å². The van der Waals surface area contributed by atoms with Gasteiger partial charge in [0.25, 0.3) is 0 Å². The van der Waals surface area contributed by atoms with Crippen molar-refractivity contribution in [1.29, 1.82) is 0 Å². The molecule has 0 amide bonds. The minimum Gasteiger partial charge on any atom is -0.497 e. The predicted molar refractivity (Wildman–Crippen MR) is 104 cm³/mol. The Morgan fingerprint density at radius 3 is 1.54 bits per heavy atom. The number of rotatable bonds is 4. The van der Waals surface area contributed by atoms with Crippen molar-refractivity contribution in [3.8, 4) is 16.9 Å². The maximum Gasteiger partial charge on any atom is 0.673 e. The fourth-order valence-corrected chi connectivity index (χ4v) is 3.48. The molecule has 0 heterocycles. The molecule has 26 heavy (non-hydrogen) atoms. The Balaban J connectivity index is 0.000000431. The number of methoxy groups -OCH3 is 1. The van der Waals surface area contributed by atoms with Gasteiger partial charge in [0.2, 0.25) is 0 Å². The molecule has 1 unspecified atom stereocenters. The molecule has 3 rings (SSSR count). The van der Waals surface area contributed by atoms with E-state index < -0.39 is 7.25 Å². The standard InChI is InChI=1S/C19H17OP.BF4/c1-20-17-11-7-15(8-12-17)16-9-13-19(14-10-16)21-18-5-3-2-4-6-18;2-1(3,4)5/h2-14,21H,1H3;/q;-1/p+1. The normalized spacial score (nSPS) is 11.1. The Labute approximate surface area is 151 Å². The van der Waals surface area contributed by atoms with E-state index >= 15 is 0 Å². The summed E-state index contributed by atoms with van der Waals surface area (Å²) in [4.78, 5) is 0. The molecule has 0 fully saturated rings. The van der Waals surface area contributed by atoms with Crippen LogP contribution < -0.4 is 15.3 Å². The summed E-state index contributed by atoms with van der Waals surface area (Å²) in [7, 11) is -4.14. The van der Waals surface area contributed by atoms with E-state index in [1.807, 2.05) is 12.1 Å². The van der Waals surface area contributed by atoms with Crippen molar-refractivity contribution in [3.63, 3.8) is 0 Å². The first kappa shape index (κ1) is 20.0. The van der Waals surface area contributed by atoms with Crippen LogP contribution in [0.3, 0.4) is 0 Å². The third kappa shape index (κ3) is 7.28. The van der Waals surface area contributed by atoms with E-state index in [1.54, 1.807) is 7.11 Å². The van der Waals surface area contributed by atoms with Gasteiger partial charge in [0, 0.05) is 0 Å². The van der Waals surface area contributed by atoms with Crippen molar-refractivity contribution < 1.29 is 22.0 Å². The van der Waals surface area contributed by atoms with E-state index in [1.165, 1.54) is 21.7 Å². The van der Waals surface area contributed by atoms with Crippen LogP contribution >= 0.6 is 8.58 Å². The van der Waals surface area contributed by atoms with E-state index in [2.05, 4.69) is 66.7 Å². The third-order valence-electron chi connectivity index (χ3n) is 3.47. The van der Waals surface area contributed by atoms with E-state index in [9.17, 15) is 17.3 Å². The van der Waals surface area contributed by atoms with Gasteiger partial charge in [-0.15, -0.1) is 0 Å². The zero-order chi connectivity index (χ0) is 19.0. The molecule has 0 N–H and O–H groups in total. The van der Waals surface area contributed by atoms with Gasteiger partial charge in [-0.05, 0) is 47.5 Å². The van der Waals surface area contributed by atoms with Crippen molar-refractivity contribution >= 4 is 26.4 Å². The molecule has 0 saturated carbocycles. The van der Waals surface area contributed by atoms with Crippen LogP contribution in [0.4, 0.5) is 17.3 Å². The second kappa shape index (κ2) is 9.39. The number of halogens is 4. The molecule has 1 nitrogen and oxygen atoms in total. The maximum absolute atomic E-state index is 9.75. The second-order valence-corrected chi connectivity index (χ2v) is 7.02. The smallest absolute Gasteiger partial charge is 0.497 e. The number of benzene rings is 3. The summed E-state index contributed by atoms with van der Waals surface area (Å²) >= 11 is 0. The van der Waals surface area contributed by atoms with Crippen molar-refractivity contribution in [2.24, 2.45) is 0 Å². The summed E-state index contributed by atoms with van der Waals surface area (Å²) in [5.74, 6) is 0.892. The molecule has 0 radical (unpaired) electrons. The number of hydrogen-bond acceptors (Lipinski definition) is 1. The van der Waals surface area contributed by atoms with Crippen LogP contribution in [0.15, 0.2) is 78.9 Å². The van der Waals surface area contributed by atoms with Crippen LogP contribution in [-0.2, 0) is 0 Å². The second-order valence-electron chi connectivity index (χ2n) is 5.40.